The highest BCUT2D eigenvalue weighted by Gasteiger charge is 2.33. The normalized spacial score (nSPS) is 27.5. The quantitative estimate of drug-likeness (QED) is 0.893. The van der Waals surface area contributed by atoms with Gasteiger partial charge >= 0.3 is 0 Å². The van der Waals surface area contributed by atoms with Gasteiger partial charge in [-0.25, -0.2) is 0 Å². The second-order valence-corrected chi connectivity index (χ2v) is 6.59. The molecule has 1 saturated heterocycles. The van der Waals surface area contributed by atoms with Crippen molar-refractivity contribution in [2.24, 2.45) is 5.92 Å². The van der Waals surface area contributed by atoms with Crippen LogP contribution in [0.3, 0.4) is 0 Å². The van der Waals surface area contributed by atoms with E-state index in [1.54, 1.807) is 11.1 Å². The van der Waals surface area contributed by atoms with E-state index in [-0.39, 0.29) is 0 Å². The van der Waals surface area contributed by atoms with Crippen LogP contribution in [-0.4, -0.2) is 30.6 Å². The third-order valence-corrected chi connectivity index (χ3v) is 5.05. The summed E-state index contributed by atoms with van der Waals surface area (Å²) in [7, 11) is 0. The number of aryl methyl sites for hydroxylation is 2. The van der Waals surface area contributed by atoms with Gasteiger partial charge in [0.2, 0.25) is 0 Å². The predicted octanol–water partition coefficient (Wildman–Crippen LogP) is 2.36. The molecule has 2 aliphatic carbocycles. The highest BCUT2D eigenvalue weighted by molar-refractivity contribution is 5.35. The summed E-state index contributed by atoms with van der Waals surface area (Å²) in [6.45, 7) is 4.78. The predicted molar refractivity (Wildman–Crippen MR) is 78.3 cm³/mol. The van der Waals surface area contributed by atoms with Gasteiger partial charge < -0.3 is 5.32 Å². The van der Waals surface area contributed by atoms with Gasteiger partial charge in [-0.1, -0.05) is 18.2 Å². The van der Waals surface area contributed by atoms with Gasteiger partial charge in [-0.15, -0.1) is 0 Å². The summed E-state index contributed by atoms with van der Waals surface area (Å²) in [4.78, 5) is 2.65. The lowest BCUT2D eigenvalue weighted by molar-refractivity contribution is 0.181. The van der Waals surface area contributed by atoms with Crippen LogP contribution >= 0.6 is 0 Å². The number of nitrogens with zero attached hydrogens (tertiary/aromatic N) is 1. The minimum Gasteiger partial charge on any atom is -0.311 e. The second kappa shape index (κ2) is 4.92. The lowest BCUT2D eigenvalue weighted by atomic mass is 10.0. The number of benzene rings is 1. The van der Waals surface area contributed by atoms with Crippen molar-refractivity contribution in [2.45, 2.75) is 44.7 Å². The van der Waals surface area contributed by atoms with E-state index in [9.17, 15) is 0 Å². The number of piperazine rings is 1. The van der Waals surface area contributed by atoms with Gasteiger partial charge in [0.25, 0.3) is 0 Å². The lowest BCUT2D eigenvalue weighted by Crippen LogP contribution is -2.51. The fourth-order valence-corrected chi connectivity index (χ4v) is 3.78. The Hall–Kier alpha value is -0.860. The highest BCUT2D eigenvalue weighted by atomic mass is 15.2. The molecule has 19 heavy (non-hydrogen) atoms. The molecular weight excluding hydrogens is 232 g/mol. The summed E-state index contributed by atoms with van der Waals surface area (Å²) in [5, 5.41) is 3.70. The molecule has 0 aromatic heterocycles. The number of fused-ring (bicyclic) bond motifs is 1. The van der Waals surface area contributed by atoms with E-state index in [1.165, 1.54) is 57.3 Å². The number of rotatable bonds is 3. The summed E-state index contributed by atoms with van der Waals surface area (Å²) in [6.07, 6.45) is 6.85. The molecular formula is C17H24N2. The molecule has 0 bridgehead atoms. The average molecular weight is 256 g/mol. The van der Waals surface area contributed by atoms with Crippen molar-refractivity contribution in [1.82, 2.24) is 10.2 Å². The summed E-state index contributed by atoms with van der Waals surface area (Å²) in [5.41, 5.74) is 4.74. The Bertz CT molecular complexity index is 464. The van der Waals surface area contributed by atoms with Crippen LogP contribution in [0.2, 0.25) is 0 Å². The van der Waals surface area contributed by atoms with E-state index < -0.39 is 0 Å². The van der Waals surface area contributed by atoms with Gasteiger partial charge in [-0.3, -0.25) is 4.90 Å². The average Bonchev–Trinajstić information content (AvgIpc) is 3.18. The van der Waals surface area contributed by atoms with E-state index in [4.69, 9.17) is 0 Å². The van der Waals surface area contributed by atoms with E-state index >= 15 is 0 Å². The van der Waals surface area contributed by atoms with Gasteiger partial charge in [-0.05, 0) is 54.7 Å². The SMILES string of the molecule is c1cc2c(cc1CN1CCNC(C3CC3)C1)CCC2. The molecule has 102 valence electrons. The molecule has 1 saturated carbocycles. The van der Waals surface area contributed by atoms with Gasteiger partial charge in [0, 0.05) is 32.2 Å². The second-order valence-electron chi connectivity index (χ2n) is 6.59. The summed E-state index contributed by atoms with van der Waals surface area (Å²) in [5.74, 6) is 0.975. The highest BCUT2D eigenvalue weighted by Crippen LogP contribution is 2.34. The van der Waals surface area contributed by atoms with Crippen molar-refractivity contribution in [3.05, 3.63) is 34.9 Å². The van der Waals surface area contributed by atoms with Crippen LogP contribution in [0.4, 0.5) is 0 Å². The van der Waals surface area contributed by atoms with E-state index in [2.05, 4.69) is 28.4 Å². The zero-order chi connectivity index (χ0) is 12.7. The molecule has 3 aliphatic rings. The van der Waals surface area contributed by atoms with Crippen molar-refractivity contribution >= 4 is 0 Å². The topological polar surface area (TPSA) is 15.3 Å². The maximum atomic E-state index is 3.70. The Labute approximate surface area is 116 Å². The molecule has 0 amide bonds. The Balaban J connectivity index is 1.42. The van der Waals surface area contributed by atoms with Gasteiger partial charge in [0.05, 0.1) is 0 Å². The van der Waals surface area contributed by atoms with Crippen molar-refractivity contribution < 1.29 is 0 Å². The largest absolute Gasteiger partial charge is 0.311 e. The fourth-order valence-electron chi connectivity index (χ4n) is 3.78. The number of hydrogen-bond donors (Lipinski definition) is 1. The molecule has 1 N–H and O–H groups in total. The Morgan fingerprint density at radius 3 is 2.95 bits per heavy atom. The molecule has 2 nitrogen and oxygen atoms in total. The third-order valence-electron chi connectivity index (χ3n) is 5.05. The first-order valence-corrected chi connectivity index (χ1v) is 7.95. The molecule has 0 spiro atoms. The van der Waals surface area contributed by atoms with Crippen molar-refractivity contribution in [2.75, 3.05) is 19.6 Å². The van der Waals surface area contributed by atoms with Crippen LogP contribution in [0.5, 0.6) is 0 Å². The molecule has 1 aromatic rings. The molecule has 1 unspecified atom stereocenters. The molecule has 2 heteroatoms. The molecule has 0 radical (unpaired) electrons. The van der Waals surface area contributed by atoms with E-state index in [1.807, 2.05) is 0 Å². The minimum absolute atomic E-state index is 0.767. The first-order chi connectivity index (χ1) is 9.38. The smallest absolute Gasteiger partial charge is 0.0235 e. The monoisotopic (exact) mass is 256 g/mol. The molecule has 2 fully saturated rings. The summed E-state index contributed by atoms with van der Waals surface area (Å²) < 4.78 is 0. The minimum atomic E-state index is 0.767. The summed E-state index contributed by atoms with van der Waals surface area (Å²) >= 11 is 0. The van der Waals surface area contributed by atoms with Gasteiger partial charge in [0.1, 0.15) is 0 Å². The van der Waals surface area contributed by atoms with Crippen LogP contribution < -0.4 is 5.32 Å². The first kappa shape index (κ1) is 11.9. The van der Waals surface area contributed by atoms with Crippen molar-refractivity contribution in [1.29, 1.82) is 0 Å². The maximum absolute atomic E-state index is 3.70. The zero-order valence-electron chi connectivity index (χ0n) is 11.7. The van der Waals surface area contributed by atoms with Crippen LogP contribution in [0.15, 0.2) is 18.2 Å². The van der Waals surface area contributed by atoms with Crippen LogP contribution in [0.1, 0.15) is 36.0 Å². The van der Waals surface area contributed by atoms with Crippen molar-refractivity contribution in [3.8, 4) is 0 Å². The van der Waals surface area contributed by atoms with E-state index in [0.29, 0.717) is 0 Å². The van der Waals surface area contributed by atoms with E-state index in [0.717, 1.165) is 18.5 Å². The Morgan fingerprint density at radius 2 is 2.05 bits per heavy atom. The summed E-state index contributed by atoms with van der Waals surface area (Å²) in [6, 6.07) is 7.97. The third kappa shape index (κ3) is 2.56. The molecule has 1 aliphatic heterocycles. The van der Waals surface area contributed by atoms with Crippen LogP contribution in [0.25, 0.3) is 0 Å². The fraction of sp³-hybridized carbons (Fsp3) is 0.647. The Kier molecular flexibility index (Phi) is 3.08. The van der Waals surface area contributed by atoms with Crippen LogP contribution in [0, 0.1) is 5.92 Å². The first-order valence-electron chi connectivity index (χ1n) is 7.95. The van der Waals surface area contributed by atoms with Crippen LogP contribution in [-0.2, 0) is 19.4 Å². The van der Waals surface area contributed by atoms with Crippen molar-refractivity contribution in [3.63, 3.8) is 0 Å². The number of nitrogens with one attached hydrogen (secondary N) is 1. The zero-order valence-corrected chi connectivity index (χ0v) is 11.7. The van der Waals surface area contributed by atoms with Gasteiger partial charge in [0.15, 0.2) is 0 Å². The maximum Gasteiger partial charge on any atom is 0.0235 e. The molecule has 1 aromatic carbocycles. The van der Waals surface area contributed by atoms with Gasteiger partial charge in [-0.2, -0.15) is 0 Å². The lowest BCUT2D eigenvalue weighted by Gasteiger charge is -2.34. The molecule has 4 rings (SSSR count). The molecule has 1 heterocycles. The Morgan fingerprint density at radius 1 is 1.16 bits per heavy atom. The molecule has 1 atom stereocenters. The standard InChI is InChI=1S/C17H24N2/c1-2-14-5-4-13(10-16(14)3-1)11-19-9-8-18-17(12-19)15-6-7-15/h4-5,10,15,17-18H,1-3,6-9,11-12H2. The number of hydrogen-bond acceptors (Lipinski definition) is 2.